The Balaban J connectivity index is 2.26. The molecule has 1 aromatic carbocycles. The molecular formula is C13H15Cl2NO3. The van der Waals surface area contributed by atoms with E-state index >= 15 is 0 Å². The molecule has 0 spiro atoms. The van der Waals surface area contributed by atoms with Gasteiger partial charge in [0.25, 0.3) is 0 Å². The minimum atomic E-state index is -0.888. The van der Waals surface area contributed by atoms with Crippen LogP contribution in [0.4, 0.5) is 0 Å². The van der Waals surface area contributed by atoms with Crippen molar-refractivity contribution in [3.05, 3.63) is 33.8 Å². The molecule has 0 atom stereocenters. The molecule has 0 saturated carbocycles. The first-order valence-electron chi connectivity index (χ1n) is 5.91. The fourth-order valence-electron chi connectivity index (χ4n) is 1.55. The minimum Gasteiger partial charge on any atom is -0.481 e. The third kappa shape index (κ3) is 6.45. The number of nitrogens with one attached hydrogen (secondary N) is 1. The molecule has 0 heterocycles. The van der Waals surface area contributed by atoms with E-state index in [-0.39, 0.29) is 18.7 Å². The van der Waals surface area contributed by atoms with Crippen molar-refractivity contribution in [2.75, 3.05) is 6.54 Å². The van der Waals surface area contributed by atoms with Gasteiger partial charge in [0.2, 0.25) is 5.91 Å². The van der Waals surface area contributed by atoms with Crippen molar-refractivity contribution in [3.8, 4) is 0 Å². The standard InChI is InChI=1S/C13H15Cl2NO3/c14-10-5-4-9(11(15)8-10)6-7-16-12(17)2-1-3-13(18)19/h4-5,8H,1-3,6-7H2,(H,16,17)(H,18,19). The van der Waals surface area contributed by atoms with E-state index in [2.05, 4.69) is 5.32 Å². The van der Waals surface area contributed by atoms with Gasteiger partial charge < -0.3 is 10.4 Å². The lowest BCUT2D eigenvalue weighted by Gasteiger charge is -2.06. The highest BCUT2D eigenvalue weighted by molar-refractivity contribution is 6.35. The van der Waals surface area contributed by atoms with Crippen molar-refractivity contribution in [1.29, 1.82) is 0 Å². The van der Waals surface area contributed by atoms with E-state index < -0.39 is 5.97 Å². The Kier molecular flexibility index (Phi) is 6.67. The van der Waals surface area contributed by atoms with Crippen LogP contribution >= 0.6 is 23.2 Å². The summed E-state index contributed by atoms with van der Waals surface area (Å²) < 4.78 is 0. The Hall–Kier alpha value is -1.26. The molecule has 4 nitrogen and oxygen atoms in total. The van der Waals surface area contributed by atoms with Gasteiger partial charge in [-0.05, 0) is 30.5 Å². The first-order valence-corrected chi connectivity index (χ1v) is 6.67. The Morgan fingerprint density at radius 1 is 1.21 bits per heavy atom. The Labute approximate surface area is 121 Å². The van der Waals surface area contributed by atoms with Gasteiger partial charge in [-0.2, -0.15) is 0 Å². The van der Waals surface area contributed by atoms with E-state index in [0.29, 0.717) is 29.4 Å². The molecule has 1 rings (SSSR count). The van der Waals surface area contributed by atoms with Crippen molar-refractivity contribution in [2.24, 2.45) is 0 Å². The summed E-state index contributed by atoms with van der Waals surface area (Å²) in [6.45, 7) is 0.466. The number of carbonyl (C=O) groups excluding carboxylic acids is 1. The number of aliphatic carboxylic acids is 1. The number of rotatable bonds is 7. The Morgan fingerprint density at radius 3 is 2.58 bits per heavy atom. The molecule has 0 saturated heterocycles. The van der Waals surface area contributed by atoms with Gasteiger partial charge in [0.15, 0.2) is 0 Å². The van der Waals surface area contributed by atoms with Gasteiger partial charge in [0, 0.05) is 29.4 Å². The highest BCUT2D eigenvalue weighted by Crippen LogP contribution is 2.20. The van der Waals surface area contributed by atoms with Gasteiger partial charge in [-0.15, -0.1) is 0 Å². The number of amides is 1. The monoisotopic (exact) mass is 303 g/mol. The molecule has 1 aromatic rings. The SMILES string of the molecule is O=C(O)CCCC(=O)NCCc1ccc(Cl)cc1Cl. The number of benzene rings is 1. The van der Waals surface area contributed by atoms with E-state index in [9.17, 15) is 9.59 Å². The van der Waals surface area contributed by atoms with Gasteiger partial charge in [0.1, 0.15) is 0 Å². The Morgan fingerprint density at radius 2 is 1.95 bits per heavy atom. The minimum absolute atomic E-state index is 0.0103. The molecule has 0 radical (unpaired) electrons. The van der Waals surface area contributed by atoms with Gasteiger partial charge in [-0.3, -0.25) is 9.59 Å². The number of halogens is 2. The molecule has 104 valence electrons. The van der Waals surface area contributed by atoms with Gasteiger partial charge in [0.05, 0.1) is 0 Å². The molecular weight excluding hydrogens is 289 g/mol. The average molecular weight is 304 g/mol. The van der Waals surface area contributed by atoms with E-state index in [1.165, 1.54) is 0 Å². The molecule has 6 heteroatoms. The maximum Gasteiger partial charge on any atom is 0.303 e. The topological polar surface area (TPSA) is 66.4 Å². The fourth-order valence-corrected chi connectivity index (χ4v) is 2.05. The van der Waals surface area contributed by atoms with Gasteiger partial charge in [-0.1, -0.05) is 29.3 Å². The van der Waals surface area contributed by atoms with Crippen LogP contribution in [0.5, 0.6) is 0 Å². The molecule has 0 aliphatic heterocycles. The Bertz CT molecular complexity index is 463. The van der Waals surface area contributed by atoms with E-state index in [1.807, 2.05) is 6.07 Å². The third-order valence-electron chi connectivity index (χ3n) is 2.53. The summed E-state index contributed by atoms with van der Waals surface area (Å²) in [5, 5.41) is 12.3. The summed E-state index contributed by atoms with van der Waals surface area (Å²) in [5.74, 6) is -1.04. The van der Waals surface area contributed by atoms with Crippen molar-refractivity contribution in [2.45, 2.75) is 25.7 Å². The zero-order chi connectivity index (χ0) is 14.3. The van der Waals surface area contributed by atoms with Crippen molar-refractivity contribution in [3.63, 3.8) is 0 Å². The maximum absolute atomic E-state index is 11.4. The lowest BCUT2D eigenvalue weighted by molar-refractivity contribution is -0.137. The molecule has 0 bridgehead atoms. The number of carbonyl (C=O) groups is 2. The van der Waals surface area contributed by atoms with Crippen LogP contribution in [-0.2, 0) is 16.0 Å². The van der Waals surface area contributed by atoms with Gasteiger partial charge >= 0.3 is 5.97 Å². The maximum atomic E-state index is 11.4. The summed E-state index contributed by atoms with van der Waals surface area (Å²) in [6, 6.07) is 5.23. The molecule has 0 aliphatic carbocycles. The second kappa shape index (κ2) is 8.02. The van der Waals surface area contributed by atoms with Crippen LogP contribution < -0.4 is 5.32 Å². The third-order valence-corrected chi connectivity index (χ3v) is 3.11. The number of hydrogen-bond donors (Lipinski definition) is 2. The van der Waals surface area contributed by atoms with Crippen LogP contribution in [0.2, 0.25) is 10.0 Å². The van der Waals surface area contributed by atoms with E-state index in [0.717, 1.165) is 5.56 Å². The zero-order valence-corrected chi connectivity index (χ0v) is 11.8. The van der Waals surface area contributed by atoms with Crippen LogP contribution in [0.15, 0.2) is 18.2 Å². The predicted octanol–water partition coefficient (Wildman–Crippen LogP) is 2.91. The predicted molar refractivity (Wildman–Crippen MR) is 74.7 cm³/mol. The number of carboxylic acids is 1. The van der Waals surface area contributed by atoms with Gasteiger partial charge in [-0.25, -0.2) is 0 Å². The summed E-state index contributed by atoms with van der Waals surface area (Å²) in [6.07, 6.45) is 1.20. The summed E-state index contributed by atoms with van der Waals surface area (Å²) in [5.41, 5.74) is 0.914. The van der Waals surface area contributed by atoms with Crippen LogP contribution in [0, 0.1) is 0 Å². The van der Waals surface area contributed by atoms with Crippen molar-refractivity contribution >= 4 is 35.1 Å². The lowest BCUT2D eigenvalue weighted by Crippen LogP contribution is -2.25. The number of carboxylic acid groups (broad SMARTS) is 1. The summed E-state index contributed by atoms with van der Waals surface area (Å²) in [4.78, 5) is 21.7. The molecule has 0 aromatic heterocycles. The first-order chi connectivity index (χ1) is 8.99. The molecule has 0 aliphatic rings. The van der Waals surface area contributed by atoms with Crippen molar-refractivity contribution < 1.29 is 14.7 Å². The highest BCUT2D eigenvalue weighted by Gasteiger charge is 2.05. The molecule has 0 unspecified atom stereocenters. The smallest absolute Gasteiger partial charge is 0.303 e. The van der Waals surface area contributed by atoms with Crippen LogP contribution in [0.1, 0.15) is 24.8 Å². The van der Waals surface area contributed by atoms with Crippen molar-refractivity contribution in [1.82, 2.24) is 5.32 Å². The largest absolute Gasteiger partial charge is 0.481 e. The molecule has 0 fully saturated rings. The molecule has 1 amide bonds. The summed E-state index contributed by atoms with van der Waals surface area (Å²) in [7, 11) is 0. The van der Waals surface area contributed by atoms with Crippen LogP contribution in [-0.4, -0.2) is 23.5 Å². The normalized spacial score (nSPS) is 10.2. The van der Waals surface area contributed by atoms with E-state index in [1.54, 1.807) is 12.1 Å². The lowest BCUT2D eigenvalue weighted by atomic mass is 10.1. The first kappa shape index (κ1) is 15.8. The second-order valence-electron chi connectivity index (χ2n) is 4.08. The second-order valence-corrected chi connectivity index (χ2v) is 4.93. The molecule has 2 N–H and O–H groups in total. The quantitative estimate of drug-likeness (QED) is 0.814. The highest BCUT2D eigenvalue weighted by atomic mass is 35.5. The zero-order valence-electron chi connectivity index (χ0n) is 10.3. The van der Waals surface area contributed by atoms with Crippen LogP contribution in [0.25, 0.3) is 0 Å². The fraction of sp³-hybridized carbons (Fsp3) is 0.385. The van der Waals surface area contributed by atoms with E-state index in [4.69, 9.17) is 28.3 Å². The molecule has 19 heavy (non-hydrogen) atoms. The van der Waals surface area contributed by atoms with Crippen LogP contribution in [0.3, 0.4) is 0 Å². The summed E-state index contributed by atoms with van der Waals surface area (Å²) >= 11 is 11.8. The average Bonchev–Trinajstić information content (AvgIpc) is 2.31. The number of hydrogen-bond acceptors (Lipinski definition) is 2.